The van der Waals surface area contributed by atoms with E-state index in [0.29, 0.717) is 19.3 Å². The van der Waals surface area contributed by atoms with Crippen molar-refractivity contribution in [3.8, 4) is 5.75 Å². The monoisotopic (exact) mass is 673 g/mol. The maximum atomic E-state index is 14.2. The predicted octanol–water partition coefficient (Wildman–Crippen LogP) is 6.90. The van der Waals surface area contributed by atoms with Gasteiger partial charge in [-0.3, -0.25) is 19.2 Å². The Hall–Kier alpha value is -5.67. The summed E-state index contributed by atoms with van der Waals surface area (Å²) in [5.41, 5.74) is 7.10. The summed E-state index contributed by atoms with van der Waals surface area (Å²) in [7, 11) is 1.61. The second-order valence-electron chi connectivity index (χ2n) is 12.2. The third kappa shape index (κ3) is 10.2. The summed E-state index contributed by atoms with van der Waals surface area (Å²) in [6, 6.07) is 33.4. The van der Waals surface area contributed by atoms with Gasteiger partial charge in [-0.05, 0) is 66.1 Å². The van der Waals surface area contributed by atoms with E-state index in [2.05, 4.69) is 15.8 Å². The third-order valence-corrected chi connectivity index (χ3v) is 8.77. The van der Waals surface area contributed by atoms with Gasteiger partial charge in [0.15, 0.2) is 0 Å². The highest BCUT2D eigenvalue weighted by atomic mass is 16.6. The maximum Gasteiger partial charge on any atom is 0.307 e. The lowest BCUT2D eigenvalue weighted by molar-refractivity contribution is -0.148. The molecular formula is C41H43N3O6. The molecule has 0 bridgehead atoms. The molecule has 0 aliphatic heterocycles. The van der Waals surface area contributed by atoms with Crippen molar-refractivity contribution in [2.75, 3.05) is 7.11 Å². The molecule has 0 radical (unpaired) electrons. The number of hydroxylamine groups is 1. The van der Waals surface area contributed by atoms with Crippen molar-refractivity contribution in [2.45, 2.75) is 44.8 Å². The van der Waals surface area contributed by atoms with Crippen LogP contribution in [0, 0.1) is 11.8 Å². The van der Waals surface area contributed by atoms with Gasteiger partial charge in [0.25, 0.3) is 5.91 Å². The van der Waals surface area contributed by atoms with Gasteiger partial charge in [-0.2, -0.15) is 0 Å². The molecule has 0 saturated heterocycles. The van der Waals surface area contributed by atoms with Gasteiger partial charge in [-0.1, -0.05) is 103 Å². The minimum absolute atomic E-state index is 0.142. The molecule has 0 unspecified atom stereocenters. The lowest BCUT2D eigenvalue weighted by atomic mass is 9.83. The molecular weight excluding hydrogens is 630 g/mol. The van der Waals surface area contributed by atoms with E-state index in [-0.39, 0.29) is 19.4 Å². The number of para-hydroxylation sites is 1. The molecule has 4 aromatic carbocycles. The first-order chi connectivity index (χ1) is 24.4. The van der Waals surface area contributed by atoms with Crippen LogP contribution in [0.15, 0.2) is 121 Å². The number of fused-ring (bicyclic) bond motifs is 1. The van der Waals surface area contributed by atoms with E-state index in [1.165, 1.54) is 0 Å². The van der Waals surface area contributed by atoms with Crippen LogP contribution in [0.1, 0.15) is 41.5 Å². The van der Waals surface area contributed by atoms with Crippen LogP contribution in [0.5, 0.6) is 5.75 Å². The van der Waals surface area contributed by atoms with Crippen molar-refractivity contribution in [1.29, 1.82) is 0 Å². The van der Waals surface area contributed by atoms with Gasteiger partial charge in [0, 0.05) is 23.5 Å². The minimum Gasteiger partial charge on any atom is -0.497 e. The van der Waals surface area contributed by atoms with E-state index in [0.717, 1.165) is 38.9 Å². The largest absolute Gasteiger partial charge is 0.497 e. The molecule has 4 N–H and O–H groups in total. The number of aromatic nitrogens is 1. The summed E-state index contributed by atoms with van der Waals surface area (Å²) in [4.78, 5) is 49.4. The molecule has 5 rings (SSSR count). The van der Waals surface area contributed by atoms with Crippen LogP contribution >= 0.6 is 0 Å². The number of hydrogen-bond acceptors (Lipinski definition) is 5. The fraction of sp³-hybridized carbons (Fsp3) is 0.244. The molecule has 50 heavy (non-hydrogen) atoms. The molecule has 0 spiro atoms. The second-order valence-corrected chi connectivity index (χ2v) is 12.2. The number of nitrogens with one attached hydrogen (secondary N) is 3. The number of aryl methyl sites for hydroxylation is 1. The number of rotatable bonds is 18. The second kappa shape index (κ2) is 18.2. The summed E-state index contributed by atoms with van der Waals surface area (Å²) in [5.74, 6) is -3.28. The van der Waals surface area contributed by atoms with Gasteiger partial charge in [-0.15, -0.1) is 0 Å². The Morgan fingerprint density at radius 3 is 2.24 bits per heavy atom. The molecule has 0 aliphatic rings. The molecule has 9 nitrogen and oxygen atoms in total. The van der Waals surface area contributed by atoms with Crippen LogP contribution in [-0.2, 0) is 38.7 Å². The quantitative estimate of drug-likeness (QED) is 0.0750. The first-order valence-electron chi connectivity index (χ1n) is 16.8. The molecule has 1 heterocycles. The van der Waals surface area contributed by atoms with Crippen LogP contribution in [0.2, 0.25) is 0 Å². The Morgan fingerprint density at radius 1 is 0.820 bits per heavy atom. The predicted molar refractivity (Wildman–Crippen MR) is 194 cm³/mol. The first-order valence-corrected chi connectivity index (χ1v) is 16.8. The topological polar surface area (TPSA) is 130 Å². The minimum atomic E-state index is -1.07. The molecule has 0 saturated carbocycles. The number of benzene rings is 4. The number of H-pyrrole nitrogens is 1. The summed E-state index contributed by atoms with van der Waals surface area (Å²) < 4.78 is 5.27. The average molecular weight is 674 g/mol. The molecule has 9 heteroatoms. The van der Waals surface area contributed by atoms with Gasteiger partial charge in [0.2, 0.25) is 5.91 Å². The Bertz CT molecular complexity index is 1850. The van der Waals surface area contributed by atoms with Gasteiger partial charge >= 0.3 is 5.97 Å². The Labute approximate surface area is 292 Å². The average Bonchev–Trinajstić information content (AvgIpc) is 3.55. The smallest absolute Gasteiger partial charge is 0.307 e. The molecule has 0 aliphatic carbocycles. The number of carbonyl (C=O) groups is 3. The normalized spacial score (nSPS) is 13.1. The van der Waals surface area contributed by atoms with Gasteiger partial charge in [0.05, 0.1) is 25.6 Å². The third-order valence-electron chi connectivity index (χ3n) is 8.77. The summed E-state index contributed by atoms with van der Waals surface area (Å²) in [5, 5.41) is 14.3. The zero-order chi connectivity index (χ0) is 35.1. The van der Waals surface area contributed by atoms with Gasteiger partial charge < -0.3 is 20.1 Å². The molecule has 258 valence electrons. The summed E-state index contributed by atoms with van der Waals surface area (Å²) in [6.45, 7) is 0.142. The zero-order valence-corrected chi connectivity index (χ0v) is 28.1. The first kappa shape index (κ1) is 35.6. The number of carboxylic acid groups (broad SMARTS) is 1. The Balaban J connectivity index is 1.36. The van der Waals surface area contributed by atoms with Crippen LogP contribution in [0.3, 0.4) is 0 Å². The number of carboxylic acids is 1. The lowest BCUT2D eigenvalue weighted by Crippen LogP contribution is -2.51. The molecule has 1 aromatic heterocycles. The van der Waals surface area contributed by atoms with E-state index < -0.39 is 35.7 Å². The number of hydrogen-bond donors (Lipinski definition) is 4. The molecule has 0 fully saturated rings. The number of carbonyl (C=O) groups excluding carboxylic acids is 2. The fourth-order valence-electron chi connectivity index (χ4n) is 6.03. The van der Waals surface area contributed by atoms with Crippen molar-refractivity contribution in [1.82, 2.24) is 15.8 Å². The number of ether oxygens (including phenoxy) is 1. The number of aromatic amines is 1. The van der Waals surface area contributed by atoms with Gasteiger partial charge in [0.1, 0.15) is 11.8 Å². The molecule has 3 atom stereocenters. The number of aliphatic carboxylic acids is 1. The summed E-state index contributed by atoms with van der Waals surface area (Å²) in [6.07, 6.45) is 7.31. The lowest BCUT2D eigenvalue weighted by Gasteiger charge is -2.26. The van der Waals surface area contributed by atoms with E-state index in [1.807, 2.05) is 121 Å². The fourth-order valence-corrected chi connectivity index (χ4v) is 6.03. The van der Waals surface area contributed by atoms with Crippen molar-refractivity contribution < 1.29 is 29.1 Å². The summed E-state index contributed by atoms with van der Waals surface area (Å²) >= 11 is 0. The number of amides is 2. The van der Waals surface area contributed by atoms with Crippen molar-refractivity contribution >= 4 is 34.8 Å². The number of allylic oxidation sites excluding steroid dienone is 1. The van der Waals surface area contributed by atoms with E-state index in [1.54, 1.807) is 13.2 Å². The molecule has 5 aromatic rings. The zero-order valence-electron chi connectivity index (χ0n) is 28.1. The standard InChI is InChI=1S/C41H43N3O6/c1-49-33-24-22-30(23-25-33)17-10-19-35(36(41(47)48)20-11-16-29-12-4-2-5-13-29)39(45)43-38(26-32-27-42-37-21-9-8-18-34(32)37)40(46)44-50-28-31-14-6-3-7-15-31/h2-9,11-16,18,21-25,27,35-36,38,42H,10,17,19-20,26,28H2,1H3,(H,43,45)(H,44,46)(H,47,48)/b16-11+/t35-,36+,38+/m1/s1. The van der Waals surface area contributed by atoms with Crippen LogP contribution in [-0.4, -0.2) is 41.0 Å². The van der Waals surface area contributed by atoms with Crippen LogP contribution < -0.4 is 15.5 Å². The van der Waals surface area contributed by atoms with E-state index >= 15 is 0 Å². The van der Waals surface area contributed by atoms with Crippen molar-refractivity contribution in [3.63, 3.8) is 0 Å². The van der Waals surface area contributed by atoms with E-state index in [9.17, 15) is 19.5 Å². The van der Waals surface area contributed by atoms with Crippen LogP contribution in [0.25, 0.3) is 17.0 Å². The van der Waals surface area contributed by atoms with Crippen molar-refractivity contribution in [2.24, 2.45) is 11.8 Å². The number of methoxy groups -OCH3 is 1. The Morgan fingerprint density at radius 2 is 1.52 bits per heavy atom. The maximum absolute atomic E-state index is 14.2. The van der Waals surface area contributed by atoms with E-state index in [4.69, 9.17) is 9.57 Å². The van der Waals surface area contributed by atoms with Crippen molar-refractivity contribution in [3.05, 3.63) is 144 Å². The molecule has 2 amide bonds. The highest BCUT2D eigenvalue weighted by molar-refractivity contribution is 5.91. The van der Waals surface area contributed by atoms with Crippen LogP contribution in [0.4, 0.5) is 0 Å². The SMILES string of the molecule is COc1ccc(CCC[C@@H](C(=O)N[C@@H](Cc2c[nH]c3ccccc23)C(=O)NOCc2ccccc2)[C@H](C/C=C/c2ccccc2)C(=O)O)cc1. The highest BCUT2D eigenvalue weighted by Gasteiger charge is 2.35. The Kier molecular flexibility index (Phi) is 13.0. The highest BCUT2D eigenvalue weighted by Crippen LogP contribution is 2.26. The van der Waals surface area contributed by atoms with Gasteiger partial charge in [-0.25, -0.2) is 5.48 Å².